The molecule has 2 rings (SSSR count). The number of nitrogens with one attached hydrogen (secondary N) is 1. The first kappa shape index (κ1) is 15.1. The maximum Gasteiger partial charge on any atom is 0.422 e. The van der Waals surface area contributed by atoms with E-state index >= 15 is 0 Å². The van der Waals surface area contributed by atoms with Gasteiger partial charge in [-0.05, 0) is 12.1 Å². The Hall–Kier alpha value is -2.32. The summed E-state index contributed by atoms with van der Waals surface area (Å²) in [6.07, 6.45) is -3.30. The van der Waals surface area contributed by atoms with Crippen molar-refractivity contribution in [3.8, 4) is 5.88 Å². The van der Waals surface area contributed by atoms with Crippen molar-refractivity contribution in [2.75, 3.05) is 26.2 Å². The molecule has 1 N–H and O–H groups in total. The summed E-state index contributed by atoms with van der Waals surface area (Å²) in [6.45, 7) is -1.11. The normalized spacial score (nSPS) is 15.6. The van der Waals surface area contributed by atoms with Gasteiger partial charge in [0.05, 0.1) is 6.54 Å². The number of piperazine rings is 1. The fraction of sp³-hybridized carbons (Fsp3) is 0.417. The van der Waals surface area contributed by atoms with Crippen LogP contribution in [0.25, 0.3) is 0 Å². The summed E-state index contributed by atoms with van der Waals surface area (Å²) in [5.74, 6) is -1.31. The Morgan fingerprint density at radius 1 is 1.48 bits per heavy atom. The third kappa shape index (κ3) is 4.07. The van der Waals surface area contributed by atoms with Crippen LogP contribution in [-0.4, -0.2) is 54.1 Å². The van der Waals surface area contributed by atoms with Crippen LogP contribution in [0.1, 0.15) is 10.4 Å². The van der Waals surface area contributed by atoms with E-state index in [1.165, 1.54) is 23.2 Å². The van der Waals surface area contributed by atoms with Crippen molar-refractivity contribution in [3.05, 3.63) is 23.9 Å². The first-order valence-corrected chi connectivity index (χ1v) is 6.07. The van der Waals surface area contributed by atoms with Crippen molar-refractivity contribution >= 4 is 11.8 Å². The van der Waals surface area contributed by atoms with E-state index < -0.39 is 24.6 Å². The summed E-state index contributed by atoms with van der Waals surface area (Å²) < 4.78 is 41.1. The quantitative estimate of drug-likeness (QED) is 0.887. The highest BCUT2D eigenvalue weighted by molar-refractivity contribution is 5.98. The Morgan fingerprint density at radius 2 is 2.24 bits per heavy atom. The maximum absolute atomic E-state index is 12.2. The molecule has 1 fully saturated rings. The highest BCUT2D eigenvalue weighted by Gasteiger charge is 2.30. The molecule has 1 aromatic rings. The maximum atomic E-state index is 12.2. The average molecular weight is 303 g/mol. The molecule has 114 valence electrons. The predicted molar refractivity (Wildman–Crippen MR) is 64.7 cm³/mol. The van der Waals surface area contributed by atoms with Crippen molar-refractivity contribution in [1.82, 2.24) is 15.2 Å². The number of pyridine rings is 1. The molecule has 1 saturated heterocycles. The van der Waals surface area contributed by atoms with Gasteiger partial charge < -0.3 is 15.0 Å². The summed E-state index contributed by atoms with van der Waals surface area (Å²) >= 11 is 0. The van der Waals surface area contributed by atoms with E-state index in [9.17, 15) is 22.8 Å². The second kappa shape index (κ2) is 5.98. The standard InChI is InChI=1S/C12H12F3N3O3/c13-12(14,15)7-21-10-8(2-1-3-17-10)11(20)18-5-4-16-9(19)6-18/h1-3H,4-7H2,(H,16,19). The molecule has 1 aliphatic heterocycles. The van der Waals surface area contributed by atoms with E-state index in [4.69, 9.17) is 0 Å². The zero-order chi connectivity index (χ0) is 15.5. The van der Waals surface area contributed by atoms with Crippen LogP contribution in [0, 0.1) is 0 Å². The molecule has 1 aromatic heterocycles. The third-order valence-electron chi connectivity index (χ3n) is 2.70. The number of halogens is 3. The minimum atomic E-state index is -4.52. The van der Waals surface area contributed by atoms with Gasteiger partial charge in [-0.2, -0.15) is 13.2 Å². The van der Waals surface area contributed by atoms with Crippen LogP contribution in [0.2, 0.25) is 0 Å². The largest absolute Gasteiger partial charge is 0.467 e. The van der Waals surface area contributed by atoms with Crippen molar-refractivity contribution in [3.63, 3.8) is 0 Å². The van der Waals surface area contributed by atoms with E-state index in [0.717, 1.165) is 0 Å². The van der Waals surface area contributed by atoms with Crippen molar-refractivity contribution in [1.29, 1.82) is 0 Å². The molecule has 2 amide bonds. The van der Waals surface area contributed by atoms with Crippen LogP contribution in [-0.2, 0) is 4.79 Å². The van der Waals surface area contributed by atoms with Gasteiger partial charge in [0, 0.05) is 19.3 Å². The number of ether oxygens (including phenoxy) is 1. The number of alkyl halides is 3. The van der Waals surface area contributed by atoms with E-state index in [1.807, 2.05) is 0 Å². The Balaban J connectivity index is 2.15. The van der Waals surface area contributed by atoms with Crippen molar-refractivity contribution in [2.45, 2.75) is 6.18 Å². The van der Waals surface area contributed by atoms with Crippen LogP contribution in [0.3, 0.4) is 0 Å². The Morgan fingerprint density at radius 3 is 2.90 bits per heavy atom. The highest BCUT2D eigenvalue weighted by atomic mass is 19.4. The zero-order valence-electron chi connectivity index (χ0n) is 10.8. The lowest BCUT2D eigenvalue weighted by molar-refractivity contribution is -0.154. The molecule has 0 bridgehead atoms. The van der Waals surface area contributed by atoms with E-state index in [0.29, 0.717) is 6.54 Å². The molecule has 9 heteroatoms. The lowest BCUT2D eigenvalue weighted by atomic mass is 10.2. The number of carbonyl (C=O) groups excluding carboxylic acids is 2. The molecule has 0 spiro atoms. The molecule has 0 atom stereocenters. The molecular formula is C12H12F3N3O3. The van der Waals surface area contributed by atoms with Gasteiger partial charge in [-0.25, -0.2) is 4.98 Å². The van der Waals surface area contributed by atoms with E-state index in [2.05, 4.69) is 15.0 Å². The molecule has 6 nitrogen and oxygen atoms in total. The fourth-order valence-corrected chi connectivity index (χ4v) is 1.80. The molecule has 0 radical (unpaired) electrons. The van der Waals surface area contributed by atoms with Crippen molar-refractivity contribution < 1.29 is 27.5 Å². The Bertz CT molecular complexity index is 548. The molecule has 0 aromatic carbocycles. The molecule has 2 heterocycles. The molecule has 21 heavy (non-hydrogen) atoms. The number of carbonyl (C=O) groups is 2. The second-order valence-corrected chi connectivity index (χ2v) is 4.34. The molecular weight excluding hydrogens is 291 g/mol. The van der Waals surface area contributed by atoms with Crippen LogP contribution in [0.5, 0.6) is 5.88 Å². The number of rotatable bonds is 3. The summed E-state index contributed by atoms with van der Waals surface area (Å²) in [5.41, 5.74) is -0.101. The predicted octanol–water partition coefficient (Wildman–Crippen LogP) is 0.595. The van der Waals surface area contributed by atoms with Crippen LogP contribution in [0.15, 0.2) is 18.3 Å². The summed E-state index contributed by atoms with van der Waals surface area (Å²) in [7, 11) is 0. The van der Waals surface area contributed by atoms with Gasteiger partial charge in [-0.1, -0.05) is 0 Å². The van der Waals surface area contributed by atoms with Gasteiger partial charge >= 0.3 is 6.18 Å². The fourth-order valence-electron chi connectivity index (χ4n) is 1.80. The molecule has 0 unspecified atom stereocenters. The first-order valence-electron chi connectivity index (χ1n) is 6.07. The number of amides is 2. The third-order valence-corrected chi connectivity index (χ3v) is 2.70. The smallest absolute Gasteiger partial charge is 0.422 e. The van der Waals surface area contributed by atoms with Gasteiger partial charge in [0.2, 0.25) is 11.8 Å². The van der Waals surface area contributed by atoms with Gasteiger partial charge in [-0.15, -0.1) is 0 Å². The first-order chi connectivity index (χ1) is 9.87. The van der Waals surface area contributed by atoms with E-state index in [-0.39, 0.29) is 24.6 Å². The molecule has 0 aliphatic carbocycles. The monoisotopic (exact) mass is 303 g/mol. The Labute approximate surface area is 117 Å². The van der Waals surface area contributed by atoms with E-state index in [1.54, 1.807) is 0 Å². The lowest BCUT2D eigenvalue weighted by Gasteiger charge is -2.27. The van der Waals surface area contributed by atoms with Gasteiger partial charge in [0.15, 0.2) is 6.61 Å². The number of aromatic nitrogens is 1. The number of hydrogen-bond acceptors (Lipinski definition) is 4. The molecule has 0 saturated carbocycles. The zero-order valence-corrected chi connectivity index (χ0v) is 10.8. The summed E-state index contributed by atoms with van der Waals surface area (Å²) in [5, 5.41) is 2.55. The second-order valence-electron chi connectivity index (χ2n) is 4.34. The Kier molecular flexibility index (Phi) is 4.29. The lowest BCUT2D eigenvalue weighted by Crippen LogP contribution is -2.50. The topological polar surface area (TPSA) is 71.5 Å². The van der Waals surface area contributed by atoms with Crippen molar-refractivity contribution in [2.24, 2.45) is 0 Å². The minimum Gasteiger partial charge on any atom is -0.467 e. The van der Waals surface area contributed by atoms with Crippen LogP contribution in [0.4, 0.5) is 13.2 Å². The average Bonchev–Trinajstić information content (AvgIpc) is 2.44. The molecule has 1 aliphatic rings. The minimum absolute atomic E-state index is 0.101. The van der Waals surface area contributed by atoms with Gasteiger partial charge in [0.25, 0.3) is 5.91 Å². The number of hydrogen-bond donors (Lipinski definition) is 1. The van der Waals surface area contributed by atoms with Gasteiger partial charge in [0.1, 0.15) is 5.56 Å². The highest BCUT2D eigenvalue weighted by Crippen LogP contribution is 2.21. The number of nitrogens with zero attached hydrogens (tertiary/aromatic N) is 2. The van der Waals surface area contributed by atoms with Crippen LogP contribution >= 0.6 is 0 Å². The van der Waals surface area contributed by atoms with Gasteiger partial charge in [-0.3, -0.25) is 9.59 Å². The SMILES string of the molecule is O=C1CN(C(=O)c2cccnc2OCC(F)(F)F)CCN1. The summed E-state index contributed by atoms with van der Waals surface area (Å²) in [6, 6.07) is 2.73. The van der Waals surface area contributed by atoms with Crippen LogP contribution < -0.4 is 10.1 Å². The summed E-state index contributed by atoms with van der Waals surface area (Å²) in [4.78, 5) is 28.4.